The Labute approximate surface area is 153 Å². The normalized spacial score (nSPS) is 17.4. The van der Waals surface area contributed by atoms with Crippen molar-refractivity contribution in [3.8, 4) is 5.69 Å². The van der Waals surface area contributed by atoms with E-state index in [1.54, 1.807) is 6.20 Å². The Kier molecular flexibility index (Phi) is 4.82. The summed E-state index contributed by atoms with van der Waals surface area (Å²) >= 11 is 0. The minimum atomic E-state index is 0.217. The number of hydrogen-bond acceptors (Lipinski definition) is 3. The largest absolute Gasteiger partial charge is 0.341 e. The molecule has 1 aliphatic heterocycles. The molecule has 0 spiro atoms. The lowest BCUT2D eigenvalue weighted by Crippen LogP contribution is -2.40. The Morgan fingerprint density at radius 3 is 2.85 bits per heavy atom. The molecule has 0 N–H and O–H groups in total. The molecule has 6 nitrogen and oxygen atoms in total. The van der Waals surface area contributed by atoms with E-state index in [-0.39, 0.29) is 5.91 Å². The highest BCUT2D eigenvalue weighted by molar-refractivity contribution is 5.76. The number of benzene rings is 1. The summed E-state index contributed by atoms with van der Waals surface area (Å²) in [5.41, 5.74) is 2.12. The summed E-state index contributed by atoms with van der Waals surface area (Å²) in [5.74, 6) is 0.217. The molecular weight excluding hydrogens is 326 g/mol. The van der Waals surface area contributed by atoms with Crippen LogP contribution in [-0.4, -0.2) is 43.5 Å². The highest BCUT2D eigenvalue weighted by atomic mass is 16.2. The molecule has 1 saturated heterocycles. The number of aromatic nitrogens is 4. The number of carbonyl (C=O) groups is 1. The van der Waals surface area contributed by atoms with Crippen molar-refractivity contribution in [3.63, 3.8) is 0 Å². The molecule has 134 valence electrons. The predicted octanol–water partition coefficient (Wildman–Crippen LogP) is 2.87. The van der Waals surface area contributed by atoms with Crippen LogP contribution in [0.2, 0.25) is 0 Å². The fourth-order valence-electron chi connectivity index (χ4n) is 3.51. The molecule has 6 heteroatoms. The van der Waals surface area contributed by atoms with Gasteiger partial charge >= 0.3 is 0 Å². The smallest absolute Gasteiger partial charge is 0.222 e. The summed E-state index contributed by atoms with van der Waals surface area (Å²) in [4.78, 5) is 14.6. The van der Waals surface area contributed by atoms with Crippen LogP contribution >= 0.6 is 0 Å². The van der Waals surface area contributed by atoms with Crippen molar-refractivity contribution in [2.45, 2.75) is 31.7 Å². The quantitative estimate of drug-likeness (QED) is 0.712. The maximum absolute atomic E-state index is 12.6. The van der Waals surface area contributed by atoms with E-state index in [1.165, 1.54) is 0 Å². The van der Waals surface area contributed by atoms with Crippen molar-refractivity contribution in [2.75, 3.05) is 13.1 Å². The van der Waals surface area contributed by atoms with E-state index >= 15 is 0 Å². The van der Waals surface area contributed by atoms with E-state index in [1.807, 2.05) is 69.3 Å². The fraction of sp³-hybridized carbons (Fsp3) is 0.350. The number of likely N-dealkylation sites (tertiary alicyclic amines) is 1. The molecule has 0 aliphatic carbocycles. The Morgan fingerprint density at radius 2 is 2.04 bits per heavy atom. The van der Waals surface area contributed by atoms with E-state index in [0.29, 0.717) is 18.9 Å². The number of carbonyl (C=O) groups excluding carboxylic acids is 1. The first-order chi connectivity index (χ1) is 12.8. The van der Waals surface area contributed by atoms with Gasteiger partial charge in [0, 0.05) is 38.1 Å². The van der Waals surface area contributed by atoms with E-state index in [0.717, 1.165) is 37.2 Å². The monoisotopic (exact) mass is 349 g/mol. The molecule has 0 unspecified atom stereocenters. The summed E-state index contributed by atoms with van der Waals surface area (Å²) in [6, 6.07) is 12.2. The molecule has 1 aliphatic rings. The van der Waals surface area contributed by atoms with Crippen LogP contribution in [0.3, 0.4) is 0 Å². The second-order valence-electron chi connectivity index (χ2n) is 6.75. The van der Waals surface area contributed by atoms with Crippen LogP contribution in [-0.2, 0) is 11.2 Å². The maximum Gasteiger partial charge on any atom is 0.222 e. The van der Waals surface area contributed by atoms with Gasteiger partial charge in [-0.05, 0) is 43.0 Å². The minimum absolute atomic E-state index is 0.217. The summed E-state index contributed by atoms with van der Waals surface area (Å²) in [6.07, 6.45) is 11.0. The summed E-state index contributed by atoms with van der Waals surface area (Å²) in [6.45, 7) is 1.60. The highest BCUT2D eigenvalue weighted by Crippen LogP contribution is 2.21. The number of para-hydroxylation sites is 1. The van der Waals surface area contributed by atoms with Gasteiger partial charge in [0.2, 0.25) is 5.91 Å². The SMILES string of the molecule is O=C(CCc1cnn(-c2ccccc2)c1)N1CCC[C@H](n2cccn2)C1. The first kappa shape index (κ1) is 16.6. The molecule has 3 aromatic rings. The molecule has 4 rings (SSSR count). The van der Waals surface area contributed by atoms with Gasteiger partial charge in [-0.1, -0.05) is 18.2 Å². The lowest BCUT2D eigenvalue weighted by molar-refractivity contribution is -0.132. The van der Waals surface area contributed by atoms with E-state index in [9.17, 15) is 4.79 Å². The van der Waals surface area contributed by atoms with Crippen molar-refractivity contribution in [1.82, 2.24) is 24.5 Å². The van der Waals surface area contributed by atoms with Gasteiger partial charge in [-0.3, -0.25) is 9.48 Å². The van der Waals surface area contributed by atoms with Gasteiger partial charge in [0.25, 0.3) is 0 Å². The molecular formula is C20H23N5O. The van der Waals surface area contributed by atoms with Crippen LogP contribution in [0, 0.1) is 0 Å². The molecule has 2 aromatic heterocycles. The molecule has 0 radical (unpaired) electrons. The van der Waals surface area contributed by atoms with Crippen molar-refractivity contribution < 1.29 is 4.79 Å². The zero-order chi connectivity index (χ0) is 17.8. The van der Waals surface area contributed by atoms with E-state index in [4.69, 9.17) is 0 Å². The van der Waals surface area contributed by atoms with Gasteiger partial charge in [-0.2, -0.15) is 10.2 Å². The molecule has 1 atom stereocenters. The lowest BCUT2D eigenvalue weighted by Gasteiger charge is -2.33. The van der Waals surface area contributed by atoms with Crippen LogP contribution in [0.5, 0.6) is 0 Å². The van der Waals surface area contributed by atoms with Gasteiger partial charge in [0.05, 0.1) is 17.9 Å². The van der Waals surface area contributed by atoms with Crippen molar-refractivity contribution in [2.24, 2.45) is 0 Å². The third kappa shape index (κ3) is 3.69. The summed E-state index contributed by atoms with van der Waals surface area (Å²) in [7, 11) is 0. The third-order valence-corrected chi connectivity index (χ3v) is 4.93. The Morgan fingerprint density at radius 1 is 1.15 bits per heavy atom. The van der Waals surface area contributed by atoms with Crippen LogP contribution in [0.1, 0.15) is 30.9 Å². The zero-order valence-electron chi connectivity index (χ0n) is 14.7. The second kappa shape index (κ2) is 7.56. The average molecular weight is 349 g/mol. The maximum atomic E-state index is 12.6. The predicted molar refractivity (Wildman–Crippen MR) is 99.0 cm³/mol. The zero-order valence-corrected chi connectivity index (χ0v) is 14.7. The molecule has 1 fully saturated rings. The Balaban J connectivity index is 1.33. The van der Waals surface area contributed by atoms with Gasteiger partial charge in [0.1, 0.15) is 0 Å². The van der Waals surface area contributed by atoms with Crippen LogP contribution in [0.4, 0.5) is 0 Å². The molecule has 1 amide bonds. The summed E-state index contributed by atoms with van der Waals surface area (Å²) in [5, 5.41) is 8.73. The minimum Gasteiger partial charge on any atom is -0.341 e. The number of hydrogen-bond donors (Lipinski definition) is 0. The fourth-order valence-corrected chi connectivity index (χ4v) is 3.51. The van der Waals surface area contributed by atoms with E-state index < -0.39 is 0 Å². The summed E-state index contributed by atoms with van der Waals surface area (Å²) < 4.78 is 3.83. The molecule has 0 bridgehead atoms. The Hall–Kier alpha value is -2.89. The first-order valence-corrected chi connectivity index (χ1v) is 9.15. The van der Waals surface area contributed by atoms with Crippen LogP contribution < -0.4 is 0 Å². The standard InChI is InChI=1S/C20H23N5O/c26-20(23-12-4-8-19(16-23)24-13-5-11-21-24)10-9-17-14-22-25(15-17)18-6-2-1-3-7-18/h1-3,5-7,11,13-15,19H,4,8-10,12,16H2/t19-/m0/s1. The number of nitrogens with zero attached hydrogens (tertiary/aromatic N) is 5. The molecule has 3 heterocycles. The molecule has 1 aromatic carbocycles. The van der Waals surface area contributed by atoms with Gasteiger partial charge in [0.15, 0.2) is 0 Å². The number of amides is 1. The van der Waals surface area contributed by atoms with E-state index in [2.05, 4.69) is 10.2 Å². The number of piperidine rings is 1. The highest BCUT2D eigenvalue weighted by Gasteiger charge is 2.24. The van der Waals surface area contributed by atoms with Crippen molar-refractivity contribution >= 4 is 5.91 Å². The number of rotatable bonds is 5. The second-order valence-corrected chi connectivity index (χ2v) is 6.75. The van der Waals surface area contributed by atoms with Crippen molar-refractivity contribution in [3.05, 3.63) is 66.7 Å². The van der Waals surface area contributed by atoms with Crippen LogP contribution in [0.15, 0.2) is 61.2 Å². The third-order valence-electron chi connectivity index (χ3n) is 4.93. The average Bonchev–Trinajstić information content (AvgIpc) is 3.39. The molecule has 0 saturated carbocycles. The van der Waals surface area contributed by atoms with Gasteiger partial charge in [-0.25, -0.2) is 4.68 Å². The Bertz CT molecular complexity index is 840. The molecule has 26 heavy (non-hydrogen) atoms. The van der Waals surface area contributed by atoms with Crippen LogP contribution in [0.25, 0.3) is 5.69 Å². The number of aryl methyl sites for hydroxylation is 1. The van der Waals surface area contributed by atoms with Crippen molar-refractivity contribution in [1.29, 1.82) is 0 Å². The first-order valence-electron chi connectivity index (χ1n) is 9.15. The van der Waals surface area contributed by atoms with Gasteiger partial charge in [-0.15, -0.1) is 0 Å². The lowest BCUT2D eigenvalue weighted by atomic mass is 10.0. The van der Waals surface area contributed by atoms with Gasteiger partial charge < -0.3 is 4.90 Å². The topological polar surface area (TPSA) is 56.0 Å².